The van der Waals surface area contributed by atoms with Gasteiger partial charge >= 0.3 is 0 Å². The molecular weight excluding hydrogens is 174 g/mol. The lowest BCUT2D eigenvalue weighted by Crippen LogP contribution is -2.47. The second kappa shape index (κ2) is 5.15. The van der Waals surface area contributed by atoms with Crippen LogP contribution >= 0.6 is 0 Å². The van der Waals surface area contributed by atoms with Gasteiger partial charge in [-0.3, -0.25) is 10.4 Å². The van der Waals surface area contributed by atoms with Crippen molar-refractivity contribution in [3.05, 3.63) is 12.7 Å². The van der Waals surface area contributed by atoms with Gasteiger partial charge in [-0.2, -0.15) is 0 Å². The van der Waals surface area contributed by atoms with Crippen molar-refractivity contribution in [1.82, 2.24) is 10.0 Å². The van der Waals surface area contributed by atoms with Gasteiger partial charge in [0.25, 0.3) is 0 Å². The molecule has 0 aliphatic heterocycles. The predicted octanol–water partition coefficient (Wildman–Crippen LogP) is 2.26. The van der Waals surface area contributed by atoms with E-state index in [2.05, 4.69) is 25.6 Å². The van der Waals surface area contributed by atoms with Gasteiger partial charge in [0.05, 0.1) is 0 Å². The molecule has 0 radical (unpaired) electrons. The van der Waals surface area contributed by atoms with Crippen LogP contribution < -0.4 is 0 Å². The summed E-state index contributed by atoms with van der Waals surface area (Å²) in [4.78, 5) is 0. The Kier molecular flexibility index (Phi) is 4.14. The first-order chi connectivity index (χ1) is 6.70. The zero-order valence-corrected chi connectivity index (χ0v) is 9.29. The molecule has 0 aromatic rings. The number of nitrogens with zero attached hydrogens (tertiary/aromatic N) is 2. The van der Waals surface area contributed by atoms with Crippen LogP contribution in [0, 0.1) is 5.41 Å². The molecule has 1 fully saturated rings. The molecule has 0 spiro atoms. The summed E-state index contributed by atoms with van der Waals surface area (Å²) in [5.41, 5.74) is 0. The van der Waals surface area contributed by atoms with E-state index in [9.17, 15) is 0 Å². The number of likely N-dealkylation sites (N-methyl/N-ethyl adjacent to an activating group) is 1. The van der Waals surface area contributed by atoms with Crippen LogP contribution in [0.25, 0.3) is 0 Å². The van der Waals surface area contributed by atoms with Crippen molar-refractivity contribution < 1.29 is 0 Å². The zero-order valence-electron chi connectivity index (χ0n) is 9.29. The topological polar surface area (TPSA) is 30.3 Å². The van der Waals surface area contributed by atoms with Crippen molar-refractivity contribution in [3.63, 3.8) is 0 Å². The van der Waals surface area contributed by atoms with Gasteiger partial charge in [-0.05, 0) is 25.8 Å². The van der Waals surface area contributed by atoms with Gasteiger partial charge < -0.3 is 0 Å². The van der Waals surface area contributed by atoms with E-state index in [-0.39, 0.29) is 0 Å². The third-order valence-corrected chi connectivity index (χ3v) is 3.00. The first-order valence-corrected chi connectivity index (χ1v) is 5.42. The van der Waals surface area contributed by atoms with E-state index in [4.69, 9.17) is 5.41 Å². The molecule has 1 aliphatic rings. The van der Waals surface area contributed by atoms with Gasteiger partial charge in [0.1, 0.15) is 5.84 Å². The Labute approximate surface area is 86.9 Å². The number of hydrazine groups is 1. The molecule has 0 aromatic carbocycles. The van der Waals surface area contributed by atoms with Crippen molar-refractivity contribution >= 4 is 5.84 Å². The highest BCUT2D eigenvalue weighted by Crippen LogP contribution is 2.23. The standard InChI is InChI=1S/C11H21N3/c1-4-11(12)14(5-2)13(3)10-8-6-7-9-10/h4,10,12H,1,5-9H2,2-3H3. The second-order valence-corrected chi connectivity index (χ2v) is 3.82. The van der Waals surface area contributed by atoms with Crippen LogP contribution in [0.15, 0.2) is 12.7 Å². The van der Waals surface area contributed by atoms with Gasteiger partial charge in [0, 0.05) is 19.6 Å². The fraction of sp³-hybridized carbons (Fsp3) is 0.727. The Hall–Kier alpha value is -0.830. The highest BCUT2D eigenvalue weighted by atomic mass is 15.6. The first-order valence-electron chi connectivity index (χ1n) is 5.42. The SMILES string of the molecule is C=CC(=N)N(CC)N(C)C1CCCC1. The molecule has 0 heterocycles. The monoisotopic (exact) mass is 195 g/mol. The van der Waals surface area contributed by atoms with Gasteiger partial charge in [-0.1, -0.05) is 19.4 Å². The number of rotatable bonds is 4. The van der Waals surface area contributed by atoms with Gasteiger partial charge in [-0.15, -0.1) is 0 Å². The molecule has 1 rings (SSSR count). The Morgan fingerprint density at radius 3 is 2.50 bits per heavy atom. The molecule has 3 heteroatoms. The maximum atomic E-state index is 7.76. The van der Waals surface area contributed by atoms with E-state index in [1.165, 1.54) is 25.7 Å². The molecule has 0 unspecified atom stereocenters. The zero-order chi connectivity index (χ0) is 10.6. The Bertz CT molecular complexity index is 207. The number of hydrogen-bond donors (Lipinski definition) is 1. The lowest BCUT2D eigenvalue weighted by molar-refractivity contribution is 0.0358. The Morgan fingerprint density at radius 2 is 2.07 bits per heavy atom. The van der Waals surface area contributed by atoms with Gasteiger partial charge in [-0.25, -0.2) is 5.01 Å². The smallest absolute Gasteiger partial charge is 0.134 e. The van der Waals surface area contributed by atoms with Crippen molar-refractivity contribution in [3.8, 4) is 0 Å². The van der Waals surface area contributed by atoms with Crippen LogP contribution in [0.4, 0.5) is 0 Å². The molecule has 0 bridgehead atoms. The maximum Gasteiger partial charge on any atom is 0.134 e. The molecule has 3 nitrogen and oxygen atoms in total. The minimum atomic E-state index is 0.502. The summed E-state index contributed by atoms with van der Waals surface area (Å²) in [7, 11) is 2.08. The minimum absolute atomic E-state index is 0.502. The van der Waals surface area contributed by atoms with Crippen LogP contribution in [-0.4, -0.2) is 35.5 Å². The normalized spacial score (nSPS) is 17.4. The van der Waals surface area contributed by atoms with E-state index in [1.807, 2.05) is 5.01 Å². The van der Waals surface area contributed by atoms with Crippen LogP contribution in [0.3, 0.4) is 0 Å². The van der Waals surface area contributed by atoms with Crippen molar-refractivity contribution in [2.24, 2.45) is 0 Å². The van der Waals surface area contributed by atoms with Crippen molar-refractivity contribution in [1.29, 1.82) is 5.41 Å². The maximum absolute atomic E-state index is 7.76. The van der Waals surface area contributed by atoms with E-state index in [1.54, 1.807) is 6.08 Å². The third-order valence-electron chi connectivity index (χ3n) is 3.00. The van der Waals surface area contributed by atoms with E-state index in [0.29, 0.717) is 11.9 Å². The first kappa shape index (κ1) is 11.2. The Morgan fingerprint density at radius 1 is 1.50 bits per heavy atom. The summed E-state index contributed by atoms with van der Waals surface area (Å²) >= 11 is 0. The fourth-order valence-electron chi connectivity index (χ4n) is 2.14. The van der Waals surface area contributed by atoms with Crippen LogP contribution in [0.5, 0.6) is 0 Å². The predicted molar refractivity (Wildman–Crippen MR) is 60.3 cm³/mol. The van der Waals surface area contributed by atoms with Crippen molar-refractivity contribution in [2.45, 2.75) is 38.6 Å². The fourth-order valence-corrected chi connectivity index (χ4v) is 2.14. The molecule has 0 aromatic heterocycles. The summed E-state index contributed by atoms with van der Waals surface area (Å²) in [5.74, 6) is 0.502. The number of hydrogen-bond acceptors (Lipinski definition) is 2. The van der Waals surface area contributed by atoms with Crippen molar-refractivity contribution in [2.75, 3.05) is 13.6 Å². The highest BCUT2D eigenvalue weighted by Gasteiger charge is 2.23. The average Bonchev–Trinajstić information content (AvgIpc) is 2.71. The highest BCUT2D eigenvalue weighted by molar-refractivity contribution is 5.89. The van der Waals surface area contributed by atoms with Gasteiger partial charge in [0.15, 0.2) is 0 Å². The summed E-state index contributed by atoms with van der Waals surface area (Å²) in [6.07, 6.45) is 6.78. The molecule has 80 valence electrons. The lowest BCUT2D eigenvalue weighted by Gasteiger charge is -2.36. The number of amidine groups is 1. The minimum Gasteiger partial charge on any atom is -0.290 e. The third kappa shape index (κ3) is 2.35. The molecule has 0 saturated heterocycles. The summed E-state index contributed by atoms with van der Waals surface area (Å²) < 4.78 is 0. The number of nitrogens with one attached hydrogen (secondary N) is 1. The van der Waals surface area contributed by atoms with E-state index >= 15 is 0 Å². The molecule has 1 aliphatic carbocycles. The van der Waals surface area contributed by atoms with E-state index < -0.39 is 0 Å². The largest absolute Gasteiger partial charge is 0.290 e. The Balaban J connectivity index is 2.58. The lowest BCUT2D eigenvalue weighted by atomic mass is 10.2. The van der Waals surface area contributed by atoms with Gasteiger partial charge in [0.2, 0.25) is 0 Å². The summed E-state index contributed by atoms with van der Waals surface area (Å²) in [6.45, 7) is 6.56. The molecule has 1 N–H and O–H groups in total. The van der Waals surface area contributed by atoms with E-state index in [0.717, 1.165) is 6.54 Å². The van der Waals surface area contributed by atoms with Crippen LogP contribution in [-0.2, 0) is 0 Å². The molecular formula is C11H21N3. The van der Waals surface area contributed by atoms with Crippen LogP contribution in [0.1, 0.15) is 32.6 Å². The molecule has 0 amide bonds. The average molecular weight is 195 g/mol. The quantitative estimate of drug-likeness (QED) is 0.424. The van der Waals surface area contributed by atoms with Crippen LogP contribution in [0.2, 0.25) is 0 Å². The second-order valence-electron chi connectivity index (χ2n) is 3.82. The molecule has 14 heavy (non-hydrogen) atoms. The summed E-state index contributed by atoms with van der Waals surface area (Å²) in [5, 5.41) is 11.9. The molecule has 0 atom stereocenters. The summed E-state index contributed by atoms with van der Waals surface area (Å²) in [6, 6.07) is 0.621. The molecule has 1 saturated carbocycles.